The van der Waals surface area contributed by atoms with Crippen LogP contribution in [0.3, 0.4) is 0 Å². The maximum atomic E-state index is 4.82. The van der Waals surface area contributed by atoms with Crippen molar-refractivity contribution >= 4 is 23.3 Å². The first-order valence-electron chi connectivity index (χ1n) is 11.6. The van der Waals surface area contributed by atoms with E-state index in [2.05, 4.69) is 24.0 Å². The summed E-state index contributed by atoms with van der Waals surface area (Å²) in [4.78, 5) is 9.44. The van der Waals surface area contributed by atoms with E-state index in [-0.39, 0.29) is 16.5 Å². The smallest absolute Gasteiger partial charge is 0.0633 e. The van der Waals surface area contributed by atoms with Crippen LogP contribution in [-0.2, 0) is 16.5 Å². The molecule has 3 heteroatoms. The maximum absolute atomic E-state index is 4.82. The van der Waals surface area contributed by atoms with Gasteiger partial charge in [0.1, 0.15) is 0 Å². The Morgan fingerprint density at radius 1 is 0.633 bits per heavy atom. The topological polar surface area (TPSA) is 24.7 Å². The SMILES string of the molecule is CCCCCCCCCCCCCC(/C=N/c1ccccc1)=N\c1ccccc1.[Ni]. The monoisotopic (exact) mass is 448 g/mol. The molecule has 0 aliphatic carbocycles. The third-order valence-corrected chi connectivity index (χ3v) is 5.18. The molecule has 2 aromatic carbocycles. The van der Waals surface area contributed by atoms with Gasteiger partial charge in [0.25, 0.3) is 0 Å². The Hall–Kier alpha value is -1.73. The summed E-state index contributed by atoms with van der Waals surface area (Å²) < 4.78 is 0. The Balaban J connectivity index is 0.00000450. The maximum Gasteiger partial charge on any atom is 0.0633 e. The third kappa shape index (κ3) is 12.8. The Morgan fingerprint density at radius 2 is 1.10 bits per heavy atom. The molecule has 166 valence electrons. The Bertz CT molecular complexity index is 695. The molecule has 0 aliphatic heterocycles. The van der Waals surface area contributed by atoms with Crippen LogP contribution < -0.4 is 0 Å². The van der Waals surface area contributed by atoms with E-state index in [9.17, 15) is 0 Å². The van der Waals surface area contributed by atoms with Crippen LogP contribution >= 0.6 is 0 Å². The molecule has 0 atom stereocenters. The molecule has 0 aromatic heterocycles. The summed E-state index contributed by atoms with van der Waals surface area (Å²) >= 11 is 0. The number of aliphatic imine (C=N–C) groups is 2. The molecule has 0 N–H and O–H groups in total. The molecule has 30 heavy (non-hydrogen) atoms. The zero-order valence-electron chi connectivity index (χ0n) is 18.5. The van der Waals surface area contributed by atoms with Crippen LogP contribution in [-0.4, -0.2) is 11.9 Å². The van der Waals surface area contributed by atoms with Crippen LogP contribution in [0, 0.1) is 0 Å². The first-order valence-corrected chi connectivity index (χ1v) is 11.6. The molecular weight excluding hydrogens is 411 g/mol. The van der Waals surface area contributed by atoms with Gasteiger partial charge in [-0.25, -0.2) is 0 Å². The largest absolute Gasteiger partial charge is 0.255 e. The minimum atomic E-state index is 0. The van der Waals surface area contributed by atoms with Crippen LogP contribution in [0.5, 0.6) is 0 Å². The Kier molecular flexibility index (Phi) is 15.9. The average molecular weight is 449 g/mol. The van der Waals surface area contributed by atoms with E-state index in [0.29, 0.717) is 0 Å². The molecular formula is C27H38N2Ni. The van der Waals surface area contributed by atoms with Gasteiger partial charge in [0.2, 0.25) is 0 Å². The molecule has 0 spiro atoms. The van der Waals surface area contributed by atoms with E-state index in [1.165, 1.54) is 70.6 Å². The van der Waals surface area contributed by atoms with Crippen molar-refractivity contribution < 1.29 is 16.5 Å². The molecule has 0 unspecified atom stereocenters. The quantitative estimate of drug-likeness (QED) is 0.147. The standard InChI is InChI=1S/C27H38N2.Ni/c1-2-3-4-5-6-7-8-9-10-11-14-23-27(29-26-21-17-13-18-22-26)24-28-25-19-15-12-16-20-25;/h12-13,15-22,24H,2-11,14,23H2,1H3;/b28-24+,29-27+;. The van der Waals surface area contributed by atoms with E-state index < -0.39 is 0 Å². The molecule has 0 amide bonds. The summed E-state index contributed by atoms with van der Waals surface area (Å²) in [5.41, 5.74) is 3.05. The van der Waals surface area contributed by atoms with Crippen LogP contribution in [0.25, 0.3) is 0 Å². The average Bonchev–Trinajstić information content (AvgIpc) is 2.77. The normalized spacial score (nSPS) is 11.6. The number of rotatable bonds is 15. The number of hydrogen-bond donors (Lipinski definition) is 0. The van der Waals surface area contributed by atoms with E-state index in [0.717, 1.165) is 23.5 Å². The van der Waals surface area contributed by atoms with Crippen molar-refractivity contribution in [3.8, 4) is 0 Å². The second-order valence-corrected chi connectivity index (χ2v) is 7.82. The van der Waals surface area contributed by atoms with E-state index in [4.69, 9.17) is 4.99 Å². The summed E-state index contributed by atoms with van der Waals surface area (Å²) in [7, 11) is 0. The van der Waals surface area contributed by atoms with Crippen molar-refractivity contribution in [2.75, 3.05) is 0 Å². The van der Waals surface area contributed by atoms with Crippen molar-refractivity contribution in [3.63, 3.8) is 0 Å². The second kappa shape index (κ2) is 18.1. The minimum Gasteiger partial charge on any atom is -0.255 e. The minimum absolute atomic E-state index is 0. The van der Waals surface area contributed by atoms with Crippen LogP contribution in [0.4, 0.5) is 11.4 Å². The molecule has 2 aromatic rings. The van der Waals surface area contributed by atoms with Gasteiger partial charge < -0.3 is 0 Å². The Labute approximate surface area is 194 Å². The van der Waals surface area contributed by atoms with E-state index >= 15 is 0 Å². The van der Waals surface area contributed by atoms with Gasteiger partial charge in [-0.1, -0.05) is 108 Å². The van der Waals surface area contributed by atoms with Gasteiger partial charge in [0, 0.05) is 22.7 Å². The molecule has 0 aliphatic rings. The first-order chi connectivity index (χ1) is 14.4. The zero-order valence-corrected chi connectivity index (χ0v) is 19.5. The Morgan fingerprint density at radius 3 is 1.63 bits per heavy atom. The first kappa shape index (κ1) is 26.3. The fourth-order valence-corrected chi connectivity index (χ4v) is 3.45. The molecule has 2 nitrogen and oxygen atoms in total. The number of hydrogen-bond acceptors (Lipinski definition) is 2. The summed E-state index contributed by atoms with van der Waals surface area (Å²) in [5, 5.41) is 0. The van der Waals surface area contributed by atoms with Crippen molar-refractivity contribution in [1.82, 2.24) is 0 Å². The number of para-hydroxylation sites is 2. The van der Waals surface area contributed by atoms with Gasteiger partial charge >= 0.3 is 0 Å². The van der Waals surface area contributed by atoms with Crippen LogP contribution in [0.15, 0.2) is 70.6 Å². The van der Waals surface area contributed by atoms with Gasteiger partial charge in [-0.2, -0.15) is 0 Å². The van der Waals surface area contributed by atoms with Crippen molar-refractivity contribution in [3.05, 3.63) is 60.7 Å². The summed E-state index contributed by atoms with van der Waals surface area (Å²) in [6, 6.07) is 20.3. The summed E-state index contributed by atoms with van der Waals surface area (Å²) in [6.07, 6.45) is 17.9. The van der Waals surface area contributed by atoms with Gasteiger partial charge in [0.05, 0.1) is 17.1 Å². The second-order valence-electron chi connectivity index (χ2n) is 7.82. The van der Waals surface area contributed by atoms with Gasteiger partial charge in [0.15, 0.2) is 0 Å². The molecule has 0 saturated heterocycles. The fraction of sp³-hybridized carbons (Fsp3) is 0.481. The van der Waals surface area contributed by atoms with E-state index in [1.54, 1.807) is 0 Å². The molecule has 0 radical (unpaired) electrons. The number of nitrogens with zero attached hydrogens (tertiary/aromatic N) is 2. The van der Waals surface area contributed by atoms with Gasteiger partial charge in [-0.3, -0.25) is 9.98 Å². The zero-order chi connectivity index (χ0) is 20.4. The fourth-order valence-electron chi connectivity index (χ4n) is 3.45. The molecule has 0 heterocycles. The summed E-state index contributed by atoms with van der Waals surface area (Å²) in [5.74, 6) is 0. The van der Waals surface area contributed by atoms with Gasteiger partial charge in [-0.05, 0) is 37.1 Å². The van der Waals surface area contributed by atoms with Crippen LogP contribution in [0.1, 0.15) is 84.0 Å². The van der Waals surface area contributed by atoms with Crippen LogP contribution in [0.2, 0.25) is 0 Å². The van der Waals surface area contributed by atoms with Crippen molar-refractivity contribution in [2.24, 2.45) is 9.98 Å². The number of benzene rings is 2. The summed E-state index contributed by atoms with van der Waals surface area (Å²) in [6.45, 7) is 2.28. The molecule has 2 rings (SSSR count). The van der Waals surface area contributed by atoms with Crippen molar-refractivity contribution in [2.45, 2.75) is 84.0 Å². The number of unbranched alkanes of at least 4 members (excludes halogenated alkanes) is 10. The predicted molar refractivity (Wildman–Crippen MR) is 129 cm³/mol. The van der Waals surface area contributed by atoms with E-state index in [1.807, 2.05) is 54.7 Å². The molecule has 0 saturated carbocycles. The third-order valence-electron chi connectivity index (χ3n) is 5.18. The van der Waals surface area contributed by atoms with Gasteiger partial charge in [-0.15, -0.1) is 0 Å². The molecule has 0 bridgehead atoms. The van der Waals surface area contributed by atoms with Crippen molar-refractivity contribution in [1.29, 1.82) is 0 Å². The predicted octanol–water partition coefficient (Wildman–Crippen LogP) is 8.86. The molecule has 0 fully saturated rings.